The molecular weight excluding hydrogens is 337 g/mol. The van der Waals surface area contributed by atoms with Crippen LogP contribution in [-0.2, 0) is 6.54 Å². The Morgan fingerprint density at radius 3 is 2.70 bits per heavy atom. The topological polar surface area (TPSA) is 38.8 Å². The second-order valence-electron chi connectivity index (χ2n) is 5.10. The molecule has 0 aliphatic carbocycles. The summed E-state index contributed by atoms with van der Waals surface area (Å²) in [6.45, 7) is 3.02. The summed E-state index contributed by atoms with van der Waals surface area (Å²) in [4.78, 5) is 14.5. The third-order valence-electron chi connectivity index (χ3n) is 3.66. The summed E-state index contributed by atoms with van der Waals surface area (Å²) in [5.74, 6) is 0.847. The van der Waals surface area contributed by atoms with Crippen molar-refractivity contribution in [2.75, 3.05) is 13.3 Å². The van der Waals surface area contributed by atoms with Crippen LogP contribution < -0.4 is 9.47 Å². The van der Waals surface area contributed by atoms with Crippen molar-refractivity contribution in [2.45, 2.75) is 13.5 Å². The molecule has 4 nitrogen and oxygen atoms in total. The number of carbonyl (C=O) groups is 1. The molecule has 0 saturated carbocycles. The van der Waals surface area contributed by atoms with Crippen molar-refractivity contribution >= 4 is 29.1 Å². The van der Waals surface area contributed by atoms with E-state index in [0.29, 0.717) is 40.2 Å². The predicted octanol–water partition coefficient (Wildman–Crippen LogP) is 4.38. The van der Waals surface area contributed by atoms with Crippen LogP contribution in [0.2, 0.25) is 10.0 Å². The standard InChI is InChI=1S/C17H15Cl2NO3/c1-2-20(9-11-5-3-4-6-13(11)18)17(21)12-7-14(19)16-15(8-12)22-10-23-16/h3-8H,2,9-10H2,1H3. The molecule has 2 aromatic rings. The Labute approximate surface area is 144 Å². The number of hydrogen-bond donors (Lipinski definition) is 0. The molecule has 1 aliphatic rings. The summed E-state index contributed by atoms with van der Waals surface area (Å²) in [5.41, 5.74) is 1.37. The first kappa shape index (κ1) is 16.0. The van der Waals surface area contributed by atoms with Crippen molar-refractivity contribution < 1.29 is 14.3 Å². The minimum atomic E-state index is -0.132. The van der Waals surface area contributed by atoms with E-state index in [4.69, 9.17) is 32.7 Å². The minimum absolute atomic E-state index is 0.115. The highest BCUT2D eigenvalue weighted by atomic mass is 35.5. The van der Waals surface area contributed by atoms with E-state index in [-0.39, 0.29) is 12.7 Å². The Balaban J connectivity index is 1.86. The van der Waals surface area contributed by atoms with Gasteiger partial charge in [-0.1, -0.05) is 41.4 Å². The second kappa shape index (κ2) is 6.69. The lowest BCUT2D eigenvalue weighted by atomic mass is 10.1. The van der Waals surface area contributed by atoms with Gasteiger partial charge >= 0.3 is 0 Å². The van der Waals surface area contributed by atoms with Crippen LogP contribution in [0.15, 0.2) is 36.4 Å². The normalized spacial score (nSPS) is 12.3. The number of halogens is 2. The summed E-state index contributed by atoms with van der Waals surface area (Å²) >= 11 is 12.3. The van der Waals surface area contributed by atoms with E-state index >= 15 is 0 Å². The second-order valence-corrected chi connectivity index (χ2v) is 5.92. The van der Waals surface area contributed by atoms with Gasteiger partial charge in [0.25, 0.3) is 5.91 Å². The van der Waals surface area contributed by atoms with E-state index in [1.165, 1.54) is 0 Å². The number of amides is 1. The first-order valence-corrected chi connectivity index (χ1v) is 7.97. The van der Waals surface area contributed by atoms with E-state index in [9.17, 15) is 4.79 Å². The van der Waals surface area contributed by atoms with E-state index in [1.54, 1.807) is 17.0 Å². The highest BCUT2D eigenvalue weighted by Crippen LogP contribution is 2.40. The largest absolute Gasteiger partial charge is 0.454 e. The van der Waals surface area contributed by atoms with Gasteiger partial charge in [0.05, 0.1) is 5.02 Å². The average molecular weight is 352 g/mol. The monoisotopic (exact) mass is 351 g/mol. The lowest BCUT2D eigenvalue weighted by molar-refractivity contribution is 0.0752. The van der Waals surface area contributed by atoms with Crippen LogP contribution in [-0.4, -0.2) is 24.1 Å². The Bertz CT molecular complexity index is 749. The lowest BCUT2D eigenvalue weighted by Gasteiger charge is -2.22. The molecule has 3 rings (SSSR count). The fourth-order valence-corrected chi connectivity index (χ4v) is 2.89. The smallest absolute Gasteiger partial charge is 0.254 e. The highest BCUT2D eigenvalue weighted by Gasteiger charge is 2.23. The summed E-state index contributed by atoms with van der Waals surface area (Å²) in [7, 11) is 0. The number of rotatable bonds is 4. The molecule has 1 aliphatic heterocycles. The van der Waals surface area contributed by atoms with Crippen molar-refractivity contribution in [1.82, 2.24) is 4.90 Å². The van der Waals surface area contributed by atoms with E-state index in [1.807, 2.05) is 31.2 Å². The van der Waals surface area contributed by atoms with Crippen molar-refractivity contribution in [3.05, 3.63) is 57.6 Å². The number of fused-ring (bicyclic) bond motifs is 1. The zero-order chi connectivity index (χ0) is 16.4. The summed E-state index contributed by atoms with van der Waals surface area (Å²) in [6, 6.07) is 10.7. The molecule has 2 aromatic carbocycles. The van der Waals surface area contributed by atoms with E-state index in [0.717, 1.165) is 5.56 Å². The van der Waals surface area contributed by atoms with Crippen molar-refractivity contribution in [3.8, 4) is 11.5 Å². The molecule has 0 radical (unpaired) electrons. The molecule has 0 unspecified atom stereocenters. The molecule has 1 amide bonds. The molecule has 23 heavy (non-hydrogen) atoms. The molecule has 1 heterocycles. The molecule has 0 bridgehead atoms. The lowest BCUT2D eigenvalue weighted by Crippen LogP contribution is -2.30. The number of benzene rings is 2. The van der Waals surface area contributed by atoms with Crippen LogP contribution in [0, 0.1) is 0 Å². The highest BCUT2D eigenvalue weighted by molar-refractivity contribution is 6.32. The van der Waals surface area contributed by atoms with Gasteiger partial charge in [-0.2, -0.15) is 0 Å². The molecule has 0 N–H and O–H groups in total. The van der Waals surface area contributed by atoms with Crippen LogP contribution in [0.3, 0.4) is 0 Å². The van der Waals surface area contributed by atoms with Gasteiger partial charge in [0, 0.05) is 23.7 Å². The van der Waals surface area contributed by atoms with Gasteiger partial charge in [-0.05, 0) is 30.7 Å². The number of hydrogen-bond acceptors (Lipinski definition) is 3. The first-order chi connectivity index (χ1) is 11.1. The van der Waals surface area contributed by atoms with Crippen LogP contribution in [0.1, 0.15) is 22.8 Å². The van der Waals surface area contributed by atoms with Gasteiger partial charge in [0.2, 0.25) is 6.79 Å². The van der Waals surface area contributed by atoms with Gasteiger partial charge in [0.15, 0.2) is 11.5 Å². The zero-order valence-corrected chi connectivity index (χ0v) is 14.0. The maximum Gasteiger partial charge on any atom is 0.254 e. The molecule has 120 valence electrons. The SMILES string of the molecule is CCN(Cc1ccccc1Cl)C(=O)c1cc(Cl)c2c(c1)OCO2. The Morgan fingerprint density at radius 2 is 1.96 bits per heavy atom. The predicted molar refractivity (Wildman–Crippen MR) is 89.4 cm³/mol. The maximum absolute atomic E-state index is 12.8. The summed E-state index contributed by atoms with van der Waals surface area (Å²) < 4.78 is 10.6. The first-order valence-electron chi connectivity index (χ1n) is 7.22. The molecule has 6 heteroatoms. The Kier molecular flexibility index (Phi) is 4.64. The fraction of sp³-hybridized carbons (Fsp3) is 0.235. The van der Waals surface area contributed by atoms with Crippen LogP contribution in [0.4, 0.5) is 0 Å². The summed E-state index contributed by atoms with van der Waals surface area (Å²) in [6.07, 6.45) is 0. The Morgan fingerprint density at radius 1 is 1.17 bits per heavy atom. The molecule has 0 spiro atoms. The molecule has 0 atom stereocenters. The zero-order valence-electron chi connectivity index (χ0n) is 12.5. The maximum atomic E-state index is 12.8. The number of carbonyl (C=O) groups excluding carboxylic acids is 1. The van der Waals surface area contributed by atoms with Gasteiger partial charge in [-0.25, -0.2) is 0 Å². The molecule has 0 saturated heterocycles. The van der Waals surface area contributed by atoms with Crippen molar-refractivity contribution in [1.29, 1.82) is 0 Å². The number of ether oxygens (including phenoxy) is 2. The quantitative estimate of drug-likeness (QED) is 0.820. The van der Waals surface area contributed by atoms with Crippen LogP contribution in [0.25, 0.3) is 0 Å². The van der Waals surface area contributed by atoms with Gasteiger partial charge in [0.1, 0.15) is 0 Å². The Hall–Kier alpha value is -1.91. The van der Waals surface area contributed by atoms with E-state index in [2.05, 4.69) is 0 Å². The minimum Gasteiger partial charge on any atom is -0.454 e. The van der Waals surface area contributed by atoms with E-state index < -0.39 is 0 Å². The number of nitrogens with zero attached hydrogens (tertiary/aromatic N) is 1. The third kappa shape index (κ3) is 3.23. The van der Waals surface area contributed by atoms with Crippen molar-refractivity contribution in [3.63, 3.8) is 0 Å². The van der Waals surface area contributed by atoms with Gasteiger partial charge in [-0.15, -0.1) is 0 Å². The average Bonchev–Trinajstić information content (AvgIpc) is 3.02. The van der Waals surface area contributed by atoms with Gasteiger partial charge in [-0.3, -0.25) is 4.79 Å². The van der Waals surface area contributed by atoms with Crippen molar-refractivity contribution in [2.24, 2.45) is 0 Å². The molecule has 0 aromatic heterocycles. The molecule has 0 fully saturated rings. The van der Waals surface area contributed by atoms with Crippen LogP contribution >= 0.6 is 23.2 Å². The van der Waals surface area contributed by atoms with Gasteiger partial charge < -0.3 is 14.4 Å². The molecular formula is C17H15Cl2NO3. The third-order valence-corrected chi connectivity index (χ3v) is 4.31. The van der Waals surface area contributed by atoms with Crippen LogP contribution in [0.5, 0.6) is 11.5 Å². The fourth-order valence-electron chi connectivity index (χ4n) is 2.43. The summed E-state index contributed by atoms with van der Waals surface area (Å²) in [5, 5.41) is 1.01.